The van der Waals surface area contributed by atoms with E-state index in [1.165, 1.54) is 49.1 Å². The molecule has 5 nitrogen and oxygen atoms in total. The topological polar surface area (TPSA) is 57.7 Å². The minimum Gasteiger partial charge on any atom is -0.348 e. The number of nitrogens with one attached hydrogen (secondary N) is 1. The third kappa shape index (κ3) is 3.15. The highest BCUT2D eigenvalue weighted by molar-refractivity contribution is 5.22. The molecule has 5 heteroatoms. The number of rotatable bonds is 3. The largest absolute Gasteiger partial charge is 0.348 e. The van der Waals surface area contributed by atoms with Crippen LogP contribution in [0.5, 0.6) is 0 Å². The maximum Gasteiger partial charge on any atom is 0.131 e. The van der Waals surface area contributed by atoms with Gasteiger partial charge < -0.3 is 4.98 Å². The summed E-state index contributed by atoms with van der Waals surface area (Å²) in [5, 5.41) is 0. The number of aromatic nitrogens is 4. The summed E-state index contributed by atoms with van der Waals surface area (Å²) in [5.74, 6) is 1.69. The number of H-pyrrole nitrogens is 1. The van der Waals surface area contributed by atoms with Crippen LogP contribution in [0, 0.1) is 6.92 Å². The quantitative estimate of drug-likeness (QED) is 0.946. The van der Waals surface area contributed by atoms with Gasteiger partial charge in [-0.15, -0.1) is 0 Å². The van der Waals surface area contributed by atoms with Crippen LogP contribution in [0.15, 0.2) is 12.5 Å². The average Bonchev–Trinajstić information content (AvgIpc) is 3.00. The van der Waals surface area contributed by atoms with E-state index < -0.39 is 0 Å². The highest BCUT2D eigenvalue weighted by Crippen LogP contribution is 2.31. The molecule has 2 aromatic heterocycles. The summed E-state index contributed by atoms with van der Waals surface area (Å²) in [6, 6.07) is 0. The Labute approximate surface area is 137 Å². The first kappa shape index (κ1) is 14.8. The lowest BCUT2D eigenvalue weighted by Gasteiger charge is -2.28. The maximum atomic E-state index is 4.93. The van der Waals surface area contributed by atoms with Crippen molar-refractivity contribution in [2.75, 3.05) is 6.54 Å². The van der Waals surface area contributed by atoms with Gasteiger partial charge in [-0.2, -0.15) is 0 Å². The fourth-order valence-corrected chi connectivity index (χ4v) is 3.84. The zero-order valence-electron chi connectivity index (χ0n) is 13.9. The number of aromatic amines is 1. The Bertz CT molecular complexity index is 672. The molecule has 0 unspecified atom stereocenters. The van der Waals surface area contributed by atoms with E-state index in [0.717, 1.165) is 37.6 Å². The zero-order chi connectivity index (χ0) is 15.6. The van der Waals surface area contributed by atoms with E-state index in [2.05, 4.69) is 28.0 Å². The number of hydrogen-bond acceptors (Lipinski definition) is 4. The van der Waals surface area contributed by atoms with E-state index in [1.807, 2.05) is 0 Å². The molecule has 0 saturated heterocycles. The van der Waals surface area contributed by atoms with Crippen LogP contribution in [-0.4, -0.2) is 31.4 Å². The fraction of sp³-hybridized carbons (Fsp3) is 0.611. The van der Waals surface area contributed by atoms with Crippen LogP contribution < -0.4 is 0 Å². The van der Waals surface area contributed by atoms with E-state index in [4.69, 9.17) is 9.97 Å². The van der Waals surface area contributed by atoms with Gasteiger partial charge in [0.15, 0.2) is 0 Å². The molecule has 0 atom stereocenters. The van der Waals surface area contributed by atoms with Crippen LogP contribution in [0.1, 0.15) is 66.5 Å². The van der Waals surface area contributed by atoms with Crippen molar-refractivity contribution in [2.45, 2.75) is 64.5 Å². The molecular formula is C18H25N5. The van der Waals surface area contributed by atoms with E-state index in [9.17, 15) is 0 Å². The molecule has 0 aromatic carbocycles. The second kappa shape index (κ2) is 6.40. The molecule has 122 valence electrons. The summed E-state index contributed by atoms with van der Waals surface area (Å²) in [5.41, 5.74) is 4.88. The Morgan fingerprint density at radius 3 is 2.87 bits per heavy atom. The van der Waals surface area contributed by atoms with Gasteiger partial charge in [-0.3, -0.25) is 4.90 Å². The van der Waals surface area contributed by atoms with Gasteiger partial charge in [-0.25, -0.2) is 15.0 Å². The van der Waals surface area contributed by atoms with E-state index in [-0.39, 0.29) is 0 Å². The first-order valence-corrected chi connectivity index (χ1v) is 8.85. The van der Waals surface area contributed by atoms with Crippen molar-refractivity contribution in [3.63, 3.8) is 0 Å². The Kier molecular flexibility index (Phi) is 4.12. The van der Waals surface area contributed by atoms with Gasteiger partial charge in [0, 0.05) is 55.1 Å². The molecule has 0 bridgehead atoms. The number of hydrogen-bond donors (Lipinski definition) is 1. The summed E-state index contributed by atoms with van der Waals surface area (Å²) >= 11 is 0. The first-order valence-electron chi connectivity index (χ1n) is 8.85. The lowest BCUT2D eigenvalue weighted by molar-refractivity contribution is 0.239. The van der Waals surface area contributed by atoms with Gasteiger partial charge >= 0.3 is 0 Å². The molecule has 1 fully saturated rings. The summed E-state index contributed by atoms with van der Waals surface area (Å²) in [6.45, 7) is 4.98. The minimum absolute atomic E-state index is 0.596. The Morgan fingerprint density at radius 1 is 1.22 bits per heavy atom. The van der Waals surface area contributed by atoms with Crippen LogP contribution in [0.3, 0.4) is 0 Å². The van der Waals surface area contributed by atoms with Crippen molar-refractivity contribution in [2.24, 2.45) is 0 Å². The van der Waals surface area contributed by atoms with Crippen LogP contribution in [-0.2, 0) is 19.5 Å². The van der Waals surface area contributed by atoms with Gasteiger partial charge in [0.2, 0.25) is 0 Å². The van der Waals surface area contributed by atoms with Crippen LogP contribution in [0.2, 0.25) is 0 Å². The molecule has 1 saturated carbocycles. The normalized spacial score (nSPS) is 19.7. The molecule has 23 heavy (non-hydrogen) atoms. The molecule has 4 rings (SSSR count). The Hall–Kier alpha value is -1.75. The van der Waals surface area contributed by atoms with Gasteiger partial charge in [-0.05, 0) is 19.8 Å². The van der Waals surface area contributed by atoms with Crippen molar-refractivity contribution in [3.8, 4) is 0 Å². The van der Waals surface area contributed by atoms with Gasteiger partial charge in [0.25, 0.3) is 0 Å². The number of fused-ring (bicyclic) bond motifs is 1. The van der Waals surface area contributed by atoms with Crippen molar-refractivity contribution in [1.29, 1.82) is 0 Å². The highest BCUT2D eigenvalue weighted by Gasteiger charge is 2.23. The minimum atomic E-state index is 0.596. The van der Waals surface area contributed by atoms with Crippen molar-refractivity contribution in [3.05, 3.63) is 41.0 Å². The zero-order valence-corrected chi connectivity index (χ0v) is 13.9. The van der Waals surface area contributed by atoms with Crippen molar-refractivity contribution < 1.29 is 0 Å². The van der Waals surface area contributed by atoms with E-state index in [1.54, 1.807) is 6.33 Å². The van der Waals surface area contributed by atoms with E-state index >= 15 is 0 Å². The third-order valence-corrected chi connectivity index (χ3v) is 5.31. The van der Waals surface area contributed by atoms with Crippen LogP contribution in [0.25, 0.3) is 0 Å². The van der Waals surface area contributed by atoms with Gasteiger partial charge in [0.1, 0.15) is 5.82 Å². The molecule has 1 aliphatic carbocycles. The summed E-state index contributed by atoms with van der Waals surface area (Å²) < 4.78 is 0. The van der Waals surface area contributed by atoms with Crippen molar-refractivity contribution in [1.82, 2.24) is 24.8 Å². The molecule has 3 heterocycles. The predicted molar refractivity (Wildman–Crippen MR) is 89.0 cm³/mol. The lowest BCUT2D eigenvalue weighted by Crippen LogP contribution is -2.31. The first-order chi connectivity index (χ1) is 11.3. The highest BCUT2D eigenvalue weighted by atomic mass is 15.1. The number of imidazole rings is 1. The molecule has 0 amide bonds. The molecular weight excluding hydrogens is 286 g/mol. The molecule has 2 aromatic rings. The van der Waals surface area contributed by atoms with Crippen LogP contribution >= 0.6 is 0 Å². The predicted octanol–water partition coefficient (Wildman–Crippen LogP) is 3.11. The standard InChI is InChI=1S/C18H25N5/c1-13-17(21-12-20-13)11-23-8-7-16-15(10-23)9-19-18(22-16)14-5-3-2-4-6-14/h9,12,14H,2-8,10-11H2,1H3,(H,20,21). The monoisotopic (exact) mass is 311 g/mol. The average molecular weight is 311 g/mol. The molecule has 1 N–H and O–H groups in total. The maximum absolute atomic E-state index is 4.93. The van der Waals surface area contributed by atoms with Gasteiger partial charge in [0.05, 0.1) is 12.0 Å². The SMILES string of the molecule is Cc1[nH]cnc1CN1CCc2nc(C3CCCCC3)ncc2C1. The summed E-state index contributed by atoms with van der Waals surface area (Å²) in [6.07, 6.45) is 11.5. The van der Waals surface area contributed by atoms with Crippen LogP contribution in [0.4, 0.5) is 0 Å². The fourth-order valence-electron chi connectivity index (χ4n) is 3.84. The Balaban J connectivity index is 1.46. The molecule has 0 spiro atoms. The second-order valence-electron chi connectivity index (χ2n) is 6.97. The lowest BCUT2D eigenvalue weighted by atomic mass is 9.88. The van der Waals surface area contributed by atoms with E-state index in [0.29, 0.717) is 5.92 Å². The smallest absolute Gasteiger partial charge is 0.131 e. The number of nitrogens with zero attached hydrogens (tertiary/aromatic N) is 4. The summed E-state index contributed by atoms with van der Waals surface area (Å²) in [7, 11) is 0. The summed E-state index contributed by atoms with van der Waals surface area (Å²) in [4.78, 5) is 19.6. The van der Waals surface area contributed by atoms with Crippen molar-refractivity contribution >= 4 is 0 Å². The Morgan fingerprint density at radius 2 is 2.09 bits per heavy atom. The number of aryl methyl sites for hydroxylation is 1. The molecule has 0 radical (unpaired) electrons. The molecule has 1 aliphatic heterocycles. The van der Waals surface area contributed by atoms with Gasteiger partial charge in [-0.1, -0.05) is 19.3 Å². The molecule has 2 aliphatic rings. The third-order valence-electron chi connectivity index (χ3n) is 5.31. The second-order valence-corrected chi connectivity index (χ2v) is 6.97.